The number of aromatic nitrogens is 7. The van der Waals surface area contributed by atoms with Crippen LogP contribution in [0.15, 0.2) is 55.1 Å². The molecule has 0 atom stereocenters. The molecule has 12 heteroatoms. The third-order valence-electron chi connectivity index (χ3n) is 5.64. The van der Waals surface area contributed by atoms with Crippen molar-refractivity contribution in [3.05, 3.63) is 77.0 Å². The van der Waals surface area contributed by atoms with E-state index in [1.165, 1.54) is 16.9 Å². The minimum Gasteiger partial charge on any atom is -0.322 e. The van der Waals surface area contributed by atoms with E-state index in [0.717, 1.165) is 5.56 Å². The van der Waals surface area contributed by atoms with E-state index in [0.29, 0.717) is 34.2 Å². The van der Waals surface area contributed by atoms with Crippen LogP contribution >= 0.6 is 11.6 Å². The maximum absolute atomic E-state index is 13.9. The molecule has 5 aromatic rings. The highest BCUT2D eigenvalue weighted by atomic mass is 35.5. The smallest absolute Gasteiger partial charge is 0.264 e. The van der Waals surface area contributed by atoms with Gasteiger partial charge >= 0.3 is 0 Å². The molecule has 1 amide bonds. The molecule has 36 heavy (non-hydrogen) atoms. The Labute approximate surface area is 209 Å². The first-order valence-corrected chi connectivity index (χ1v) is 11.4. The average Bonchev–Trinajstić information content (AvgIpc) is 3.54. The zero-order valence-corrected chi connectivity index (χ0v) is 20.1. The van der Waals surface area contributed by atoms with Crippen LogP contribution in [0, 0.1) is 6.92 Å². The van der Waals surface area contributed by atoms with E-state index in [1.54, 1.807) is 48.0 Å². The van der Waals surface area contributed by atoms with Crippen molar-refractivity contribution in [1.29, 1.82) is 0 Å². The molecule has 0 saturated heterocycles. The van der Waals surface area contributed by atoms with Gasteiger partial charge in [0, 0.05) is 35.6 Å². The number of fused-ring (bicyclic) bond motifs is 1. The number of carbonyl (C=O) groups excluding carboxylic acids is 1. The third-order valence-corrected chi connectivity index (χ3v) is 6.01. The van der Waals surface area contributed by atoms with Crippen molar-refractivity contribution >= 4 is 34.2 Å². The Morgan fingerprint density at radius 2 is 1.97 bits per heavy atom. The standard InChI is InChI=1S/C24H21ClF2N8O/c1-14-22-18(23(26)27)7-20(16-8-28-33(2)10-16)31-24(22)35(32-14)13-21(36)30-17-9-29-34(12-17)11-15-5-3-4-6-19(15)25/h3-10,12,23H,11,13H2,1-2H3,(H,30,36). The number of halogens is 3. The van der Waals surface area contributed by atoms with Crippen molar-refractivity contribution < 1.29 is 13.6 Å². The number of hydrogen-bond donors (Lipinski definition) is 1. The highest BCUT2D eigenvalue weighted by molar-refractivity contribution is 6.31. The molecule has 0 unspecified atom stereocenters. The molecule has 0 aliphatic heterocycles. The van der Waals surface area contributed by atoms with Crippen LogP contribution in [0.2, 0.25) is 5.02 Å². The number of anilines is 1. The maximum atomic E-state index is 13.9. The van der Waals surface area contributed by atoms with Crippen molar-refractivity contribution in [3.8, 4) is 11.3 Å². The van der Waals surface area contributed by atoms with Crippen LogP contribution in [-0.2, 0) is 24.9 Å². The number of pyridine rings is 1. The van der Waals surface area contributed by atoms with Crippen LogP contribution in [-0.4, -0.2) is 40.2 Å². The quantitative estimate of drug-likeness (QED) is 0.345. The highest BCUT2D eigenvalue weighted by Crippen LogP contribution is 2.33. The number of aryl methyl sites for hydroxylation is 2. The van der Waals surface area contributed by atoms with Gasteiger partial charge in [0.25, 0.3) is 6.43 Å². The van der Waals surface area contributed by atoms with E-state index < -0.39 is 12.3 Å². The third kappa shape index (κ3) is 4.69. The normalized spacial score (nSPS) is 11.5. The summed E-state index contributed by atoms with van der Waals surface area (Å²) in [5, 5.41) is 16.3. The fourth-order valence-corrected chi connectivity index (χ4v) is 4.22. The van der Waals surface area contributed by atoms with Crippen molar-refractivity contribution in [1.82, 2.24) is 34.3 Å². The predicted molar refractivity (Wildman–Crippen MR) is 131 cm³/mol. The fraction of sp³-hybridized carbons (Fsp3) is 0.208. The molecule has 0 spiro atoms. The van der Waals surface area contributed by atoms with Crippen LogP contribution in [0.1, 0.15) is 23.2 Å². The van der Waals surface area contributed by atoms with E-state index in [2.05, 4.69) is 25.6 Å². The van der Waals surface area contributed by atoms with Crippen molar-refractivity contribution in [3.63, 3.8) is 0 Å². The van der Waals surface area contributed by atoms with E-state index >= 15 is 0 Å². The topological polar surface area (TPSA) is 95.5 Å². The first-order chi connectivity index (χ1) is 17.3. The second-order valence-corrected chi connectivity index (χ2v) is 8.72. The molecule has 0 saturated carbocycles. The largest absolute Gasteiger partial charge is 0.322 e. The number of hydrogen-bond acceptors (Lipinski definition) is 5. The molecule has 1 N–H and O–H groups in total. The van der Waals surface area contributed by atoms with Gasteiger partial charge in [0.15, 0.2) is 5.65 Å². The molecular formula is C24H21ClF2N8O. The van der Waals surface area contributed by atoms with E-state index in [9.17, 15) is 13.6 Å². The minimum atomic E-state index is -2.74. The molecule has 9 nitrogen and oxygen atoms in total. The van der Waals surface area contributed by atoms with Crippen molar-refractivity contribution in [2.75, 3.05) is 5.32 Å². The maximum Gasteiger partial charge on any atom is 0.264 e. The minimum absolute atomic E-state index is 0.191. The van der Waals surface area contributed by atoms with Crippen LogP contribution in [0.25, 0.3) is 22.3 Å². The predicted octanol–water partition coefficient (Wildman–Crippen LogP) is 4.61. The molecule has 0 fully saturated rings. The number of alkyl halides is 2. The Morgan fingerprint density at radius 3 is 2.69 bits per heavy atom. The Bertz CT molecular complexity index is 1570. The lowest BCUT2D eigenvalue weighted by Gasteiger charge is -2.08. The number of amides is 1. The van der Waals surface area contributed by atoms with E-state index in [-0.39, 0.29) is 23.1 Å². The Kier molecular flexibility index (Phi) is 6.23. The van der Waals surface area contributed by atoms with Gasteiger partial charge in [0.1, 0.15) is 6.54 Å². The number of nitrogens with one attached hydrogen (secondary N) is 1. The molecule has 1 aromatic carbocycles. The molecule has 184 valence electrons. The summed E-state index contributed by atoms with van der Waals surface area (Å²) in [6.45, 7) is 1.84. The lowest BCUT2D eigenvalue weighted by atomic mass is 10.1. The van der Waals surface area contributed by atoms with Gasteiger partial charge in [0.2, 0.25) is 5.91 Å². The van der Waals surface area contributed by atoms with Gasteiger partial charge in [0.05, 0.1) is 41.4 Å². The van der Waals surface area contributed by atoms with Crippen LogP contribution in [0.5, 0.6) is 0 Å². The van der Waals surface area contributed by atoms with Gasteiger partial charge in [-0.2, -0.15) is 15.3 Å². The number of rotatable bonds is 7. The van der Waals surface area contributed by atoms with Gasteiger partial charge in [-0.25, -0.2) is 18.4 Å². The van der Waals surface area contributed by atoms with E-state index in [4.69, 9.17) is 11.6 Å². The summed E-state index contributed by atoms with van der Waals surface area (Å²) in [5.74, 6) is -0.399. The second kappa shape index (κ2) is 9.50. The molecular weight excluding hydrogens is 490 g/mol. The Morgan fingerprint density at radius 1 is 1.17 bits per heavy atom. The number of carbonyl (C=O) groups is 1. The Balaban J connectivity index is 1.39. The Hall–Kier alpha value is -4.12. The highest BCUT2D eigenvalue weighted by Gasteiger charge is 2.22. The summed E-state index contributed by atoms with van der Waals surface area (Å²) in [5.41, 5.74) is 2.67. The van der Waals surface area contributed by atoms with Gasteiger partial charge in [-0.05, 0) is 24.6 Å². The molecule has 5 rings (SSSR count). The zero-order chi connectivity index (χ0) is 25.4. The lowest BCUT2D eigenvalue weighted by Crippen LogP contribution is -2.19. The van der Waals surface area contributed by atoms with Crippen LogP contribution < -0.4 is 5.32 Å². The zero-order valence-electron chi connectivity index (χ0n) is 19.4. The molecule has 0 aliphatic rings. The van der Waals surface area contributed by atoms with Gasteiger partial charge in [-0.3, -0.25) is 14.2 Å². The van der Waals surface area contributed by atoms with Gasteiger partial charge in [-0.15, -0.1) is 0 Å². The molecule has 0 radical (unpaired) electrons. The SMILES string of the molecule is Cc1nn(CC(=O)Nc2cnn(Cc3ccccc3Cl)c2)c2nc(-c3cnn(C)c3)cc(C(F)F)c12. The van der Waals surface area contributed by atoms with Gasteiger partial charge < -0.3 is 5.32 Å². The van der Waals surface area contributed by atoms with Crippen LogP contribution in [0.3, 0.4) is 0 Å². The lowest BCUT2D eigenvalue weighted by molar-refractivity contribution is -0.116. The molecule has 4 heterocycles. The summed E-state index contributed by atoms with van der Waals surface area (Å²) >= 11 is 6.21. The average molecular weight is 511 g/mol. The summed E-state index contributed by atoms with van der Waals surface area (Å²) in [6, 6.07) is 8.77. The van der Waals surface area contributed by atoms with E-state index in [1.807, 2.05) is 18.2 Å². The van der Waals surface area contributed by atoms with Crippen LogP contribution in [0.4, 0.5) is 14.5 Å². The first kappa shape index (κ1) is 23.6. The first-order valence-electron chi connectivity index (χ1n) is 11.0. The summed E-state index contributed by atoms with van der Waals surface area (Å²) in [7, 11) is 1.73. The summed E-state index contributed by atoms with van der Waals surface area (Å²) < 4.78 is 32.4. The molecule has 4 aromatic heterocycles. The van der Waals surface area contributed by atoms with Gasteiger partial charge in [-0.1, -0.05) is 29.8 Å². The fourth-order valence-electron chi connectivity index (χ4n) is 4.02. The number of nitrogens with zero attached hydrogens (tertiary/aromatic N) is 7. The monoisotopic (exact) mass is 510 g/mol. The molecule has 0 bridgehead atoms. The molecule has 0 aliphatic carbocycles. The van der Waals surface area contributed by atoms with Crippen molar-refractivity contribution in [2.45, 2.75) is 26.4 Å². The summed E-state index contributed by atoms with van der Waals surface area (Å²) in [4.78, 5) is 17.4. The second-order valence-electron chi connectivity index (χ2n) is 8.31. The van der Waals surface area contributed by atoms with Crippen molar-refractivity contribution in [2.24, 2.45) is 7.05 Å². The number of benzene rings is 1. The summed E-state index contributed by atoms with van der Waals surface area (Å²) in [6.07, 6.45) is 3.70.